The molecule has 0 fully saturated rings. The number of halogens is 1. The van der Waals surface area contributed by atoms with Gasteiger partial charge in [-0.05, 0) is 6.42 Å². The molecule has 0 unspecified atom stereocenters. The van der Waals surface area contributed by atoms with Crippen molar-refractivity contribution in [2.45, 2.75) is 19.9 Å². The molecular formula is C9H15ClN4O. The second-order valence-corrected chi connectivity index (χ2v) is 3.78. The van der Waals surface area contributed by atoms with Gasteiger partial charge in [0.2, 0.25) is 0 Å². The van der Waals surface area contributed by atoms with E-state index in [4.69, 9.17) is 11.6 Å². The number of aromatic nitrogens is 2. The van der Waals surface area contributed by atoms with Crippen LogP contribution in [0.2, 0.25) is 5.02 Å². The second kappa shape index (κ2) is 5.14. The highest BCUT2D eigenvalue weighted by atomic mass is 35.5. The summed E-state index contributed by atoms with van der Waals surface area (Å²) in [5.41, 5.74) is 3.18. The average molecular weight is 231 g/mol. The third-order valence-electron chi connectivity index (χ3n) is 1.76. The lowest BCUT2D eigenvalue weighted by Crippen LogP contribution is -2.27. The van der Waals surface area contributed by atoms with Crippen LogP contribution in [0.1, 0.15) is 13.3 Å². The van der Waals surface area contributed by atoms with Gasteiger partial charge < -0.3 is 5.43 Å². The summed E-state index contributed by atoms with van der Waals surface area (Å²) in [6.07, 6.45) is 2.41. The smallest absolute Gasteiger partial charge is 0.287 e. The summed E-state index contributed by atoms with van der Waals surface area (Å²) in [6.45, 7) is 2.56. The molecule has 0 spiro atoms. The largest absolute Gasteiger partial charge is 0.316 e. The Kier molecular flexibility index (Phi) is 4.11. The van der Waals surface area contributed by atoms with Gasteiger partial charge in [-0.1, -0.05) is 18.5 Å². The molecule has 0 aliphatic rings. The van der Waals surface area contributed by atoms with Crippen molar-refractivity contribution in [2.24, 2.45) is 0 Å². The van der Waals surface area contributed by atoms with E-state index >= 15 is 0 Å². The summed E-state index contributed by atoms with van der Waals surface area (Å²) in [4.78, 5) is 11.7. The number of nitrogens with zero attached hydrogens (tertiary/aromatic N) is 3. The van der Waals surface area contributed by atoms with E-state index in [0.717, 1.165) is 6.42 Å². The second-order valence-electron chi connectivity index (χ2n) is 3.41. The first-order valence-electron chi connectivity index (χ1n) is 4.75. The predicted octanol–water partition coefficient (Wildman–Crippen LogP) is 1.20. The molecule has 0 saturated carbocycles. The van der Waals surface area contributed by atoms with Crippen LogP contribution in [0.3, 0.4) is 0 Å². The number of hydrogen-bond acceptors (Lipinski definition) is 4. The van der Waals surface area contributed by atoms with E-state index in [0.29, 0.717) is 12.2 Å². The van der Waals surface area contributed by atoms with Gasteiger partial charge >= 0.3 is 0 Å². The molecule has 0 amide bonds. The van der Waals surface area contributed by atoms with Crippen LogP contribution in [0.25, 0.3) is 0 Å². The fourth-order valence-corrected chi connectivity index (χ4v) is 1.34. The third kappa shape index (κ3) is 2.94. The van der Waals surface area contributed by atoms with E-state index in [1.54, 1.807) is 11.2 Å². The van der Waals surface area contributed by atoms with Crippen molar-refractivity contribution in [1.29, 1.82) is 0 Å². The summed E-state index contributed by atoms with van der Waals surface area (Å²) < 4.78 is 1.36. The lowest BCUT2D eigenvalue weighted by atomic mass is 10.4. The zero-order chi connectivity index (χ0) is 11.4. The number of anilines is 1. The molecule has 5 nitrogen and oxygen atoms in total. The van der Waals surface area contributed by atoms with Gasteiger partial charge in [0.1, 0.15) is 5.02 Å². The van der Waals surface area contributed by atoms with Crippen LogP contribution in [-0.2, 0) is 6.54 Å². The molecule has 1 aromatic rings. The van der Waals surface area contributed by atoms with Crippen LogP contribution in [0.15, 0.2) is 11.0 Å². The van der Waals surface area contributed by atoms with Gasteiger partial charge in [0.25, 0.3) is 5.56 Å². The molecule has 15 heavy (non-hydrogen) atoms. The molecule has 0 bridgehead atoms. The molecule has 1 aromatic heterocycles. The van der Waals surface area contributed by atoms with Gasteiger partial charge in [-0.2, -0.15) is 5.10 Å². The van der Waals surface area contributed by atoms with Gasteiger partial charge in [0, 0.05) is 20.6 Å². The van der Waals surface area contributed by atoms with Crippen LogP contribution in [0.5, 0.6) is 0 Å². The zero-order valence-electron chi connectivity index (χ0n) is 9.12. The van der Waals surface area contributed by atoms with Gasteiger partial charge in [-0.3, -0.25) is 4.79 Å². The summed E-state index contributed by atoms with van der Waals surface area (Å²) in [6, 6.07) is 0. The Morgan fingerprint density at radius 1 is 1.60 bits per heavy atom. The van der Waals surface area contributed by atoms with Gasteiger partial charge in [-0.15, -0.1) is 0 Å². The molecule has 6 heteroatoms. The van der Waals surface area contributed by atoms with Crippen molar-refractivity contribution in [3.8, 4) is 0 Å². The Balaban J connectivity index is 3.04. The van der Waals surface area contributed by atoms with Crippen molar-refractivity contribution in [2.75, 3.05) is 19.5 Å². The predicted molar refractivity (Wildman–Crippen MR) is 61.1 cm³/mol. The maximum absolute atomic E-state index is 11.7. The fraction of sp³-hybridized carbons (Fsp3) is 0.556. The maximum atomic E-state index is 11.7. The SMILES string of the molecule is CCCn1ncc(NN(C)C)c(Cl)c1=O. The minimum absolute atomic E-state index is 0.173. The van der Waals surface area contributed by atoms with Crippen molar-refractivity contribution in [3.63, 3.8) is 0 Å². The number of rotatable bonds is 4. The summed E-state index contributed by atoms with van der Waals surface area (Å²) in [7, 11) is 3.63. The number of hydrogen-bond donors (Lipinski definition) is 1. The molecule has 0 radical (unpaired) electrons. The third-order valence-corrected chi connectivity index (χ3v) is 2.13. The molecule has 0 aliphatic carbocycles. The molecule has 0 saturated heterocycles. The number of aryl methyl sites for hydroxylation is 1. The Bertz CT molecular complexity index is 388. The van der Waals surface area contributed by atoms with Crippen LogP contribution in [0.4, 0.5) is 5.69 Å². The average Bonchev–Trinajstić information content (AvgIpc) is 2.17. The van der Waals surface area contributed by atoms with Crippen molar-refractivity contribution >= 4 is 17.3 Å². The molecule has 0 atom stereocenters. The molecular weight excluding hydrogens is 216 g/mol. The summed E-state index contributed by atoms with van der Waals surface area (Å²) in [5.74, 6) is 0. The topological polar surface area (TPSA) is 50.2 Å². The van der Waals surface area contributed by atoms with Crippen LogP contribution < -0.4 is 11.0 Å². The van der Waals surface area contributed by atoms with E-state index in [9.17, 15) is 4.79 Å². The van der Waals surface area contributed by atoms with E-state index in [2.05, 4.69) is 10.5 Å². The van der Waals surface area contributed by atoms with Crippen molar-refractivity contribution < 1.29 is 0 Å². The van der Waals surface area contributed by atoms with E-state index < -0.39 is 0 Å². The van der Waals surface area contributed by atoms with E-state index in [-0.39, 0.29) is 10.6 Å². The lowest BCUT2D eigenvalue weighted by Gasteiger charge is -2.14. The highest BCUT2D eigenvalue weighted by Gasteiger charge is 2.08. The van der Waals surface area contributed by atoms with Crippen LogP contribution >= 0.6 is 11.6 Å². The fourth-order valence-electron chi connectivity index (χ4n) is 1.15. The Labute approximate surface area is 93.6 Å². The highest BCUT2D eigenvalue weighted by molar-refractivity contribution is 6.32. The number of nitrogens with one attached hydrogen (secondary N) is 1. The standard InChI is InChI=1S/C9H15ClN4O/c1-4-5-14-9(15)8(10)7(6-11-14)12-13(2)3/h6,12H,4-5H2,1-3H3. The summed E-state index contributed by atoms with van der Waals surface area (Å²) in [5, 5.41) is 5.89. The lowest BCUT2D eigenvalue weighted by molar-refractivity contribution is 0.492. The monoisotopic (exact) mass is 230 g/mol. The van der Waals surface area contributed by atoms with E-state index in [1.807, 2.05) is 21.0 Å². The maximum Gasteiger partial charge on any atom is 0.287 e. The van der Waals surface area contributed by atoms with Crippen LogP contribution in [-0.4, -0.2) is 28.9 Å². The Morgan fingerprint density at radius 2 is 2.27 bits per heavy atom. The van der Waals surface area contributed by atoms with Crippen LogP contribution in [0, 0.1) is 0 Å². The zero-order valence-corrected chi connectivity index (χ0v) is 9.88. The van der Waals surface area contributed by atoms with Gasteiger partial charge in [0.15, 0.2) is 0 Å². The first-order valence-corrected chi connectivity index (χ1v) is 5.13. The quantitative estimate of drug-likeness (QED) is 0.790. The molecule has 0 aliphatic heterocycles. The Hall–Kier alpha value is -1.07. The van der Waals surface area contributed by atoms with E-state index in [1.165, 1.54) is 4.68 Å². The first-order chi connectivity index (χ1) is 7.06. The van der Waals surface area contributed by atoms with Gasteiger partial charge in [0.05, 0.1) is 11.9 Å². The minimum Gasteiger partial charge on any atom is -0.316 e. The molecule has 1 heterocycles. The molecule has 0 aromatic carbocycles. The van der Waals surface area contributed by atoms with Gasteiger partial charge in [-0.25, -0.2) is 9.69 Å². The normalized spacial score (nSPS) is 10.7. The highest BCUT2D eigenvalue weighted by Crippen LogP contribution is 2.14. The minimum atomic E-state index is -0.259. The molecule has 1 rings (SSSR count). The van der Waals surface area contributed by atoms with Crippen molar-refractivity contribution in [1.82, 2.24) is 14.8 Å². The number of hydrazine groups is 1. The Morgan fingerprint density at radius 3 is 2.80 bits per heavy atom. The summed E-state index contributed by atoms with van der Waals surface area (Å²) >= 11 is 5.92. The van der Waals surface area contributed by atoms with Crippen molar-refractivity contribution in [3.05, 3.63) is 21.6 Å². The molecule has 1 N–H and O–H groups in total. The molecule has 84 valence electrons. The first kappa shape index (κ1) is 12.0.